The van der Waals surface area contributed by atoms with E-state index in [0.717, 1.165) is 25.7 Å². The van der Waals surface area contributed by atoms with Crippen molar-refractivity contribution in [3.63, 3.8) is 0 Å². The minimum Gasteiger partial charge on any atom is -0.125 e. The first kappa shape index (κ1) is 14.9. The molecule has 0 amide bonds. The molecule has 3 atom stereocenters. The van der Waals surface area contributed by atoms with Crippen molar-refractivity contribution in [2.75, 3.05) is 5.88 Å². The fraction of sp³-hybridized carbons (Fsp3) is 0.800. The van der Waals surface area contributed by atoms with Crippen molar-refractivity contribution in [3.05, 3.63) is 12.7 Å². The van der Waals surface area contributed by atoms with Gasteiger partial charge >= 0.3 is 0 Å². The fourth-order valence-electron chi connectivity index (χ4n) is 1.06. The van der Waals surface area contributed by atoms with Gasteiger partial charge in [0.05, 0.1) is 5.38 Å². The van der Waals surface area contributed by atoms with Crippen LogP contribution in [-0.4, -0.2) is 22.0 Å². The number of alkyl halides is 4. The summed E-state index contributed by atoms with van der Waals surface area (Å²) in [6.45, 7) is 3.64. The SMILES string of the molecule is C=CCCC(Cl)C(Cl)CCC(Cl)CCl. The summed E-state index contributed by atoms with van der Waals surface area (Å²) in [6, 6.07) is 0. The van der Waals surface area contributed by atoms with Crippen LogP contribution in [-0.2, 0) is 0 Å². The molecule has 0 aromatic rings. The van der Waals surface area contributed by atoms with Crippen molar-refractivity contribution in [2.24, 2.45) is 0 Å². The molecule has 0 aromatic heterocycles. The Kier molecular flexibility index (Phi) is 9.74. The highest BCUT2D eigenvalue weighted by molar-refractivity contribution is 6.30. The second kappa shape index (κ2) is 9.15. The Labute approximate surface area is 107 Å². The fourth-order valence-corrected chi connectivity index (χ4v) is 1.84. The van der Waals surface area contributed by atoms with Gasteiger partial charge in [-0.3, -0.25) is 0 Å². The van der Waals surface area contributed by atoms with Crippen molar-refractivity contribution in [3.8, 4) is 0 Å². The first-order valence-corrected chi connectivity index (χ1v) is 6.55. The number of allylic oxidation sites excluding steroid dienone is 1. The molecule has 0 saturated carbocycles. The van der Waals surface area contributed by atoms with Gasteiger partial charge in [-0.25, -0.2) is 0 Å². The summed E-state index contributed by atoms with van der Waals surface area (Å²) in [5, 5.41) is -0.0314. The molecule has 0 aliphatic heterocycles. The summed E-state index contributed by atoms with van der Waals surface area (Å²) in [5.74, 6) is 0.463. The summed E-state index contributed by atoms with van der Waals surface area (Å²) in [5.41, 5.74) is 0. The molecule has 0 bridgehead atoms. The molecule has 84 valence electrons. The smallest absolute Gasteiger partial charge is 0.0502 e. The van der Waals surface area contributed by atoms with Gasteiger partial charge in [0.15, 0.2) is 0 Å². The van der Waals surface area contributed by atoms with Gasteiger partial charge in [-0.15, -0.1) is 53.0 Å². The van der Waals surface area contributed by atoms with Crippen LogP contribution in [0.4, 0.5) is 0 Å². The van der Waals surface area contributed by atoms with E-state index in [-0.39, 0.29) is 16.1 Å². The molecule has 0 aromatic carbocycles. The van der Waals surface area contributed by atoms with E-state index in [9.17, 15) is 0 Å². The van der Waals surface area contributed by atoms with Crippen LogP contribution in [0.15, 0.2) is 12.7 Å². The molecule has 0 N–H and O–H groups in total. The van der Waals surface area contributed by atoms with Crippen LogP contribution in [0.5, 0.6) is 0 Å². The van der Waals surface area contributed by atoms with Gasteiger partial charge in [0, 0.05) is 16.6 Å². The standard InChI is InChI=1S/C10H16Cl4/c1-2-3-4-9(13)10(14)6-5-8(12)7-11/h2,8-10H,1,3-7H2. The lowest BCUT2D eigenvalue weighted by Crippen LogP contribution is -2.16. The predicted molar refractivity (Wildman–Crippen MR) is 68.3 cm³/mol. The third-order valence-corrected chi connectivity index (χ3v) is 4.04. The Bertz CT molecular complexity index is 149. The maximum atomic E-state index is 6.10. The number of hydrogen-bond acceptors (Lipinski definition) is 0. The monoisotopic (exact) mass is 276 g/mol. The summed E-state index contributed by atoms with van der Waals surface area (Å²) < 4.78 is 0. The topological polar surface area (TPSA) is 0 Å². The molecule has 0 rings (SSSR count). The predicted octanol–water partition coefficient (Wildman–Crippen LogP) is 4.79. The number of halogens is 4. The Morgan fingerprint density at radius 2 is 1.57 bits per heavy atom. The highest BCUT2D eigenvalue weighted by Gasteiger charge is 2.17. The van der Waals surface area contributed by atoms with Gasteiger partial charge < -0.3 is 0 Å². The third kappa shape index (κ3) is 7.23. The first-order chi connectivity index (χ1) is 6.61. The molecule has 3 unspecified atom stereocenters. The third-order valence-electron chi connectivity index (χ3n) is 1.96. The van der Waals surface area contributed by atoms with Gasteiger partial charge in [-0.05, 0) is 25.7 Å². The van der Waals surface area contributed by atoms with Gasteiger partial charge in [0.1, 0.15) is 0 Å². The minimum absolute atomic E-state index is 0.00110. The molecule has 0 fully saturated rings. The zero-order valence-corrected chi connectivity index (χ0v) is 11.1. The van der Waals surface area contributed by atoms with Crippen molar-refractivity contribution in [1.82, 2.24) is 0 Å². The van der Waals surface area contributed by atoms with E-state index in [1.165, 1.54) is 0 Å². The van der Waals surface area contributed by atoms with Crippen molar-refractivity contribution in [1.29, 1.82) is 0 Å². The van der Waals surface area contributed by atoms with Gasteiger partial charge in [-0.2, -0.15) is 0 Å². The zero-order chi connectivity index (χ0) is 11.0. The van der Waals surface area contributed by atoms with E-state index in [0.29, 0.717) is 5.88 Å². The van der Waals surface area contributed by atoms with Crippen molar-refractivity contribution in [2.45, 2.75) is 41.8 Å². The second-order valence-corrected chi connectivity index (χ2v) is 5.27. The Morgan fingerprint density at radius 1 is 1.00 bits per heavy atom. The molecule has 0 aliphatic carbocycles. The lowest BCUT2D eigenvalue weighted by atomic mass is 10.1. The highest BCUT2D eigenvalue weighted by atomic mass is 35.5. The minimum atomic E-state index is -0.0268. The maximum absolute atomic E-state index is 6.10. The normalized spacial score (nSPS) is 17.4. The number of rotatable bonds is 8. The highest BCUT2D eigenvalue weighted by Crippen LogP contribution is 2.22. The molecule has 4 heteroatoms. The molecule has 0 radical (unpaired) electrons. The Morgan fingerprint density at radius 3 is 2.07 bits per heavy atom. The van der Waals surface area contributed by atoms with Crippen LogP contribution in [0.25, 0.3) is 0 Å². The Balaban J connectivity index is 3.60. The molecule has 0 saturated heterocycles. The van der Waals surface area contributed by atoms with E-state index in [4.69, 9.17) is 46.4 Å². The van der Waals surface area contributed by atoms with Gasteiger partial charge in [0.2, 0.25) is 0 Å². The van der Waals surface area contributed by atoms with Gasteiger partial charge in [0.25, 0.3) is 0 Å². The molecular weight excluding hydrogens is 262 g/mol. The maximum Gasteiger partial charge on any atom is 0.0502 e. The van der Waals surface area contributed by atoms with Crippen LogP contribution in [0, 0.1) is 0 Å². The molecule has 14 heavy (non-hydrogen) atoms. The molecule has 0 aliphatic rings. The molecule has 0 spiro atoms. The second-order valence-electron chi connectivity index (χ2n) is 3.23. The molecular formula is C10H16Cl4. The first-order valence-electron chi connectivity index (χ1n) is 4.70. The zero-order valence-electron chi connectivity index (χ0n) is 8.06. The van der Waals surface area contributed by atoms with Crippen molar-refractivity contribution >= 4 is 46.4 Å². The Hall–Kier alpha value is 0.900. The van der Waals surface area contributed by atoms with Crippen LogP contribution >= 0.6 is 46.4 Å². The quantitative estimate of drug-likeness (QED) is 0.442. The lowest BCUT2D eigenvalue weighted by Gasteiger charge is -2.16. The largest absolute Gasteiger partial charge is 0.125 e. The van der Waals surface area contributed by atoms with E-state index in [2.05, 4.69) is 6.58 Å². The summed E-state index contributed by atoms with van der Waals surface area (Å²) >= 11 is 23.6. The summed E-state index contributed by atoms with van der Waals surface area (Å²) in [4.78, 5) is 0. The van der Waals surface area contributed by atoms with Crippen LogP contribution < -0.4 is 0 Å². The molecule has 0 heterocycles. The molecule has 0 nitrogen and oxygen atoms in total. The van der Waals surface area contributed by atoms with Gasteiger partial charge in [-0.1, -0.05) is 6.08 Å². The van der Waals surface area contributed by atoms with E-state index < -0.39 is 0 Å². The summed E-state index contributed by atoms with van der Waals surface area (Å²) in [7, 11) is 0. The van der Waals surface area contributed by atoms with Crippen LogP contribution in [0.2, 0.25) is 0 Å². The van der Waals surface area contributed by atoms with Crippen LogP contribution in [0.1, 0.15) is 25.7 Å². The van der Waals surface area contributed by atoms with E-state index >= 15 is 0 Å². The average Bonchev–Trinajstić information content (AvgIpc) is 2.21. The van der Waals surface area contributed by atoms with E-state index in [1.54, 1.807) is 0 Å². The number of hydrogen-bond donors (Lipinski definition) is 0. The average molecular weight is 278 g/mol. The summed E-state index contributed by atoms with van der Waals surface area (Å²) in [6.07, 6.45) is 5.25. The lowest BCUT2D eigenvalue weighted by molar-refractivity contribution is 0.629. The van der Waals surface area contributed by atoms with Crippen LogP contribution in [0.3, 0.4) is 0 Å². The van der Waals surface area contributed by atoms with E-state index in [1.807, 2.05) is 6.08 Å². The van der Waals surface area contributed by atoms with Crippen molar-refractivity contribution < 1.29 is 0 Å².